The number of aliphatic imine (C=N–C) groups is 2. The molecule has 8 nitrogen and oxygen atoms in total. The first-order valence-corrected chi connectivity index (χ1v) is 11.3. The summed E-state index contributed by atoms with van der Waals surface area (Å²) in [5, 5.41) is 13.7. The van der Waals surface area contributed by atoms with Crippen LogP contribution >= 0.6 is 32.8 Å². The summed E-state index contributed by atoms with van der Waals surface area (Å²) in [6.45, 7) is 5.51. The number of nitrogens with zero attached hydrogens (tertiary/aromatic N) is 4. The van der Waals surface area contributed by atoms with Gasteiger partial charge in [0.1, 0.15) is 18.4 Å². The molecule has 0 aromatic heterocycles. The fraction of sp³-hybridized carbons (Fsp3) is 0.667. The predicted octanol–water partition coefficient (Wildman–Crippen LogP) is -0.553. The maximum absolute atomic E-state index is 11.8. The van der Waals surface area contributed by atoms with E-state index in [1.165, 1.54) is 0 Å². The van der Waals surface area contributed by atoms with E-state index >= 15 is 0 Å². The molecule has 0 N–H and O–H groups in total. The third-order valence-electron chi connectivity index (χ3n) is 5.01. The van der Waals surface area contributed by atoms with Crippen LogP contribution in [-0.4, -0.2) is 72.1 Å². The molecule has 0 bridgehead atoms. The number of halogens is 1. The zero-order valence-electron chi connectivity index (χ0n) is 13.7. The molecule has 2 fully saturated rings. The topological polar surface area (TPSA) is 97.6 Å². The van der Waals surface area contributed by atoms with Crippen molar-refractivity contribution in [3.63, 3.8) is 0 Å². The van der Waals surface area contributed by atoms with Crippen LogP contribution in [0.15, 0.2) is 9.98 Å². The first-order chi connectivity index (χ1) is 12.0. The van der Waals surface area contributed by atoms with Crippen molar-refractivity contribution < 1.29 is 19.4 Å². The summed E-state index contributed by atoms with van der Waals surface area (Å²) in [5.41, 5.74) is 0.0872. The number of fused-ring (bicyclic) bond motifs is 1. The van der Waals surface area contributed by atoms with Crippen molar-refractivity contribution in [1.29, 1.82) is 0 Å². The first kappa shape index (κ1) is 17.4. The standard InChI is InChI=1S/C15H19IN4O4S/c1-7-11(10-8(2)24-15(10)23)18-12(14(21)22)13(7)25-9-3-19-6-17-5-16-20(19)4-9/h5-11,13H,3-4H2,1-2H3,(H,21,22)/p-1/t7-,8-,9?,10-,11-,13?/m1/s1. The number of ether oxygens (including phenoxy) is 1. The Morgan fingerprint density at radius 1 is 1.44 bits per heavy atom. The number of hydrazine groups is 1. The molecule has 4 aliphatic heterocycles. The van der Waals surface area contributed by atoms with Crippen LogP contribution in [0.25, 0.3) is 0 Å². The summed E-state index contributed by atoms with van der Waals surface area (Å²) in [6.07, 6.45) is 1.61. The van der Waals surface area contributed by atoms with Gasteiger partial charge in [0, 0.05) is 39.3 Å². The number of carboxylic acid groups (broad SMARTS) is 1. The van der Waals surface area contributed by atoms with Crippen molar-refractivity contribution in [2.24, 2.45) is 21.8 Å². The second kappa shape index (κ2) is 6.62. The zero-order chi connectivity index (χ0) is 17.7. The minimum Gasteiger partial charge on any atom is -0.543 e. The number of carbonyl (C=O) groups is 2. The molecule has 4 rings (SSSR count). The van der Waals surface area contributed by atoms with E-state index in [1.54, 1.807) is 11.8 Å². The summed E-state index contributed by atoms with van der Waals surface area (Å²) in [6, 6.07) is -0.340. The Labute approximate surface area is 159 Å². The lowest BCUT2D eigenvalue weighted by Gasteiger charge is -2.37. The second-order valence-corrected chi connectivity index (χ2v) is 10.3. The highest BCUT2D eigenvalue weighted by atomic mass is 127. The van der Waals surface area contributed by atoms with Gasteiger partial charge in [-0.3, -0.25) is 14.8 Å². The van der Waals surface area contributed by atoms with Crippen LogP contribution in [-0.2, 0) is 14.3 Å². The van der Waals surface area contributed by atoms with Crippen molar-refractivity contribution in [3.05, 3.63) is 0 Å². The van der Waals surface area contributed by atoms with Gasteiger partial charge in [0.15, 0.2) is 0 Å². The van der Waals surface area contributed by atoms with Crippen molar-refractivity contribution >= 4 is 60.9 Å². The molecule has 4 heterocycles. The number of cyclic esters (lactones) is 1. The number of thioether (sulfide) groups is 1. The molecular formula is C15H18IN4O4S-. The number of esters is 1. The number of hydrogen-bond acceptors (Lipinski definition) is 9. The van der Waals surface area contributed by atoms with Gasteiger partial charge in [-0.05, 0) is 12.8 Å². The molecule has 0 spiro atoms. The molecule has 6 atom stereocenters. The van der Waals surface area contributed by atoms with E-state index in [9.17, 15) is 14.7 Å². The number of rotatable bonds is 4. The third kappa shape index (κ3) is 3.01. The number of hydrogen-bond donors (Lipinski definition) is 0. The van der Waals surface area contributed by atoms with Gasteiger partial charge in [-0.1, -0.05) is 6.92 Å². The molecule has 2 saturated heterocycles. The van der Waals surface area contributed by atoms with Crippen molar-refractivity contribution in [3.8, 4) is 0 Å². The zero-order valence-corrected chi connectivity index (χ0v) is 16.7. The van der Waals surface area contributed by atoms with Crippen LogP contribution in [0.1, 0.15) is 13.8 Å². The smallest absolute Gasteiger partial charge is 0.315 e. The van der Waals surface area contributed by atoms with Crippen LogP contribution < -0.4 is 5.11 Å². The van der Waals surface area contributed by atoms with Crippen LogP contribution in [0.3, 0.4) is 0 Å². The van der Waals surface area contributed by atoms with Crippen molar-refractivity contribution in [1.82, 2.24) is 8.23 Å². The van der Waals surface area contributed by atoms with E-state index in [0.29, 0.717) is 0 Å². The molecule has 25 heavy (non-hydrogen) atoms. The molecular weight excluding hydrogens is 459 g/mol. The number of aliphatic carboxylic acids is 1. The number of carboxylic acids is 1. The lowest BCUT2D eigenvalue weighted by molar-refractivity contribution is -0.294. The highest BCUT2D eigenvalue weighted by Crippen LogP contribution is 2.42. The van der Waals surface area contributed by atoms with Crippen LogP contribution in [0, 0.1) is 11.8 Å². The van der Waals surface area contributed by atoms with Crippen molar-refractivity contribution in [2.75, 3.05) is 13.1 Å². The van der Waals surface area contributed by atoms with Gasteiger partial charge in [-0.2, -0.15) is 3.22 Å². The minimum absolute atomic E-state index is 0.0410. The van der Waals surface area contributed by atoms with Gasteiger partial charge in [-0.15, -0.1) is 11.8 Å². The lowest BCUT2D eigenvalue weighted by atomic mass is 9.83. The largest absolute Gasteiger partial charge is 0.543 e. The summed E-state index contributed by atoms with van der Waals surface area (Å²) < 4.78 is 9.30. The Morgan fingerprint density at radius 2 is 2.24 bits per heavy atom. The van der Waals surface area contributed by atoms with E-state index in [2.05, 4.69) is 18.2 Å². The molecule has 0 radical (unpaired) electrons. The monoisotopic (exact) mass is 477 g/mol. The SMILES string of the molecule is C[C@H]1OC(=O)[C@H]1[C@@H]1N=C(C(=O)[O-])C(SC2CN3C=NC=IN3C2)[C@@H]1C. The van der Waals surface area contributed by atoms with Gasteiger partial charge in [-0.25, -0.2) is 4.99 Å². The van der Waals surface area contributed by atoms with Crippen molar-refractivity contribution in [2.45, 2.75) is 36.5 Å². The molecule has 0 aromatic carbocycles. The maximum atomic E-state index is 11.8. The Balaban J connectivity index is 1.50. The Hall–Kier alpha value is -1.01. The Kier molecular flexibility index (Phi) is 4.61. The minimum atomic E-state index is -1.23. The molecule has 2 unspecified atom stereocenters. The fourth-order valence-electron chi connectivity index (χ4n) is 3.71. The van der Waals surface area contributed by atoms with Gasteiger partial charge in [0.2, 0.25) is 0 Å². The first-order valence-electron chi connectivity index (χ1n) is 8.13. The molecule has 136 valence electrons. The van der Waals surface area contributed by atoms with E-state index in [4.69, 9.17) is 4.74 Å². The molecule has 0 saturated carbocycles. The molecule has 0 aromatic rings. The maximum Gasteiger partial charge on any atom is 0.315 e. The Morgan fingerprint density at radius 3 is 2.88 bits per heavy atom. The summed E-state index contributed by atoms with van der Waals surface area (Å²) in [4.78, 5) is 32.0. The summed E-state index contributed by atoms with van der Waals surface area (Å²) in [7, 11) is 0. The third-order valence-corrected chi connectivity index (χ3v) is 8.80. The molecule has 10 heteroatoms. The van der Waals surface area contributed by atoms with Crippen LogP contribution in [0.5, 0.6) is 0 Å². The normalized spacial score (nSPS) is 40.2. The Bertz CT molecular complexity index is 679. The summed E-state index contributed by atoms with van der Waals surface area (Å²) >= 11 is 1.41. The lowest BCUT2D eigenvalue weighted by Crippen LogP contribution is -2.51. The highest BCUT2D eigenvalue weighted by Gasteiger charge is 2.52. The van der Waals surface area contributed by atoms with Crippen LogP contribution in [0.4, 0.5) is 0 Å². The average Bonchev–Trinajstić information content (AvgIpc) is 3.10. The van der Waals surface area contributed by atoms with Gasteiger partial charge in [0.05, 0.1) is 27.1 Å². The van der Waals surface area contributed by atoms with E-state index < -0.39 is 5.97 Å². The van der Waals surface area contributed by atoms with Crippen LogP contribution in [0.2, 0.25) is 0 Å². The highest BCUT2D eigenvalue weighted by molar-refractivity contribution is 14.2. The summed E-state index contributed by atoms with van der Waals surface area (Å²) in [5.74, 6) is -1.90. The van der Waals surface area contributed by atoms with E-state index in [0.717, 1.165) is 13.1 Å². The van der Waals surface area contributed by atoms with E-state index in [1.807, 2.05) is 24.3 Å². The average molecular weight is 477 g/mol. The second-order valence-electron chi connectivity index (χ2n) is 6.60. The quantitative estimate of drug-likeness (QED) is 0.305. The van der Waals surface area contributed by atoms with Gasteiger partial charge in [0.25, 0.3) is 0 Å². The number of carbonyl (C=O) groups excluding carboxylic acids is 2. The molecule has 0 amide bonds. The predicted molar refractivity (Wildman–Crippen MR) is 102 cm³/mol. The van der Waals surface area contributed by atoms with E-state index in [-0.39, 0.29) is 67.2 Å². The fourth-order valence-corrected chi connectivity index (χ4v) is 7.44. The van der Waals surface area contributed by atoms with Gasteiger partial charge >= 0.3 is 5.97 Å². The molecule has 4 aliphatic rings. The molecule has 0 aliphatic carbocycles. The van der Waals surface area contributed by atoms with Gasteiger partial charge < -0.3 is 14.6 Å².